The van der Waals surface area contributed by atoms with E-state index in [9.17, 15) is 13.6 Å². The molecule has 1 rings (SSSR count). The summed E-state index contributed by atoms with van der Waals surface area (Å²) in [4.78, 5) is 16.6. The summed E-state index contributed by atoms with van der Waals surface area (Å²) < 4.78 is 23.9. The van der Waals surface area contributed by atoms with Crippen LogP contribution in [0.3, 0.4) is 0 Å². The minimum atomic E-state index is -2.86. The van der Waals surface area contributed by atoms with E-state index in [4.69, 9.17) is 16.7 Å². The van der Waals surface area contributed by atoms with Crippen LogP contribution in [0.2, 0.25) is 5.15 Å². The number of nitrogens with zero attached hydrogens (tertiary/aromatic N) is 2. The molecule has 7 heteroatoms. The van der Waals surface area contributed by atoms with Gasteiger partial charge >= 0.3 is 5.97 Å². The van der Waals surface area contributed by atoms with Crippen LogP contribution < -0.4 is 0 Å². The fourth-order valence-corrected chi connectivity index (χ4v) is 0.838. The molecule has 0 amide bonds. The highest BCUT2D eigenvalue weighted by molar-refractivity contribution is 6.32. The average Bonchev–Trinajstić information content (AvgIpc) is 2.03. The molecule has 0 radical (unpaired) electrons. The topological polar surface area (TPSA) is 63.1 Å². The second-order valence-electron chi connectivity index (χ2n) is 2.04. The SMILES string of the molecule is O=C(O)c1cnc(C(F)F)nc1Cl. The number of carbonyl (C=O) groups is 1. The molecule has 0 bridgehead atoms. The van der Waals surface area contributed by atoms with E-state index in [0.717, 1.165) is 6.20 Å². The third-order valence-electron chi connectivity index (χ3n) is 1.19. The van der Waals surface area contributed by atoms with Crippen molar-refractivity contribution in [2.24, 2.45) is 0 Å². The first-order valence-corrected chi connectivity index (χ1v) is 3.44. The minimum absolute atomic E-state index is 0.397. The van der Waals surface area contributed by atoms with E-state index >= 15 is 0 Å². The van der Waals surface area contributed by atoms with Gasteiger partial charge in [0.2, 0.25) is 0 Å². The van der Waals surface area contributed by atoms with E-state index in [1.807, 2.05) is 0 Å². The molecule has 0 unspecified atom stereocenters. The average molecular weight is 209 g/mol. The van der Waals surface area contributed by atoms with Crippen molar-refractivity contribution in [3.05, 3.63) is 22.7 Å². The number of alkyl halides is 2. The second kappa shape index (κ2) is 3.61. The highest BCUT2D eigenvalue weighted by Gasteiger charge is 2.16. The smallest absolute Gasteiger partial charge is 0.340 e. The van der Waals surface area contributed by atoms with E-state index in [0.29, 0.717) is 0 Å². The van der Waals surface area contributed by atoms with Gasteiger partial charge in [-0.2, -0.15) is 0 Å². The molecule has 0 atom stereocenters. The maximum atomic E-state index is 11.9. The fraction of sp³-hybridized carbons (Fsp3) is 0.167. The summed E-state index contributed by atoms with van der Waals surface area (Å²) >= 11 is 5.30. The lowest BCUT2D eigenvalue weighted by Crippen LogP contribution is -2.04. The van der Waals surface area contributed by atoms with Gasteiger partial charge in [0, 0.05) is 6.20 Å². The Kier molecular flexibility index (Phi) is 2.72. The van der Waals surface area contributed by atoms with Crippen LogP contribution in [0.1, 0.15) is 22.6 Å². The summed E-state index contributed by atoms with van der Waals surface area (Å²) in [6, 6.07) is 0. The third-order valence-corrected chi connectivity index (χ3v) is 1.47. The molecule has 1 aromatic heterocycles. The van der Waals surface area contributed by atoms with Gasteiger partial charge in [0.05, 0.1) is 0 Å². The predicted octanol–water partition coefficient (Wildman–Crippen LogP) is 1.77. The quantitative estimate of drug-likeness (QED) is 0.753. The number of carboxylic acids is 1. The number of aromatic carboxylic acids is 1. The van der Waals surface area contributed by atoms with Crippen molar-refractivity contribution in [3.63, 3.8) is 0 Å². The molecule has 0 aromatic carbocycles. The zero-order chi connectivity index (χ0) is 10.0. The van der Waals surface area contributed by atoms with Crippen LogP contribution in [0.15, 0.2) is 6.20 Å². The van der Waals surface area contributed by atoms with Gasteiger partial charge in [0.1, 0.15) is 10.7 Å². The maximum Gasteiger partial charge on any atom is 0.340 e. The summed E-state index contributed by atoms with van der Waals surface area (Å²) in [7, 11) is 0. The molecule has 0 saturated heterocycles. The molecule has 13 heavy (non-hydrogen) atoms. The van der Waals surface area contributed by atoms with Crippen molar-refractivity contribution in [2.45, 2.75) is 6.43 Å². The Labute approximate surface area is 76.2 Å². The lowest BCUT2D eigenvalue weighted by atomic mass is 10.3. The molecule has 0 aliphatic heterocycles. The highest BCUT2D eigenvalue weighted by Crippen LogP contribution is 2.18. The Morgan fingerprint density at radius 3 is 2.62 bits per heavy atom. The molecule has 0 aliphatic rings. The largest absolute Gasteiger partial charge is 0.478 e. The summed E-state index contributed by atoms with van der Waals surface area (Å²) in [6.45, 7) is 0. The van der Waals surface area contributed by atoms with Crippen LogP contribution in [-0.4, -0.2) is 21.0 Å². The van der Waals surface area contributed by atoms with Crippen molar-refractivity contribution in [1.29, 1.82) is 0 Å². The molecule has 0 aliphatic carbocycles. The second-order valence-corrected chi connectivity index (χ2v) is 2.40. The van der Waals surface area contributed by atoms with Crippen LogP contribution in [0.5, 0.6) is 0 Å². The molecular weight excluding hydrogens is 206 g/mol. The van der Waals surface area contributed by atoms with Crippen LogP contribution >= 0.6 is 11.6 Å². The van der Waals surface area contributed by atoms with Crippen molar-refractivity contribution in [2.75, 3.05) is 0 Å². The van der Waals surface area contributed by atoms with Crippen LogP contribution in [0.4, 0.5) is 8.78 Å². The minimum Gasteiger partial charge on any atom is -0.478 e. The number of carboxylic acid groups (broad SMARTS) is 1. The first kappa shape index (κ1) is 9.79. The Bertz CT molecular complexity index is 345. The number of hydrogen-bond donors (Lipinski definition) is 1. The Hall–Kier alpha value is -1.30. The molecule has 0 saturated carbocycles. The maximum absolute atomic E-state index is 11.9. The molecule has 1 heterocycles. The monoisotopic (exact) mass is 208 g/mol. The van der Waals surface area contributed by atoms with Crippen molar-refractivity contribution < 1.29 is 18.7 Å². The van der Waals surface area contributed by atoms with E-state index in [2.05, 4.69) is 9.97 Å². The normalized spacial score (nSPS) is 10.5. The van der Waals surface area contributed by atoms with Crippen LogP contribution in [0.25, 0.3) is 0 Å². The van der Waals surface area contributed by atoms with E-state index in [1.54, 1.807) is 0 Å². The molecule has 1 N–H and O–H groups in total. The summed E-state index contributed by atoms with van der Waals surface area (Å²) in [5, 5.41) is 7.96. The predicted molar refractivity (Wildman–Crippen MR) is 39.0 cm³/mol. The van der Waals surface area contributed by atoms with E-state index in [-0.39, 0.29) is 0 Å². The Balaban J connectivity index is 3.13. The highest BCUT2D eigenvalue weighted by atomic mass is 35.5. The summed E-state index contributed by atoms with van der Waals surface area (Å²) in [6.07, 6.45) is -2.11. The lowest BCUT2D eigenvalue weighted by molar-refractivity contribution is 0.0695. The lowest BCUT2D eigenvalue weighted by Gasteiger charge is -2.00. The van der Waals surface area contributed by atoms with Gasteiger partial charge in [-0.05, 0) is 0 Å². The first-order valence-electron chi connectivity index (χ1n) is 3.06. The summed E-state index contributed by atoms with van der Waals surface area (Å²) in [5.41, 5.74) is -0.397. The Morgan fingerprint density at radius 2 is 2.23 bits per heavy atom. The van der Waals surface area contributed by atoms with Crippen molar-refractivity contribution in [3.8, 4) is 0 Å². The van der Waals surface area contributed by atoms with Crippen molar-refractivity contribution >= 4 is 17.6 Å². The molecular formula is C6H3ClF2N2O2. The number of rotatable bonds is 2. The van der Waals surface area contributed by atoms with Gasteiger partial charge in [-0.25, -0.2) is 23.5 Å². The number of aromatic nitrogens is 2. The van der Waals surface area contributed by atoms with E-state index in [1.165, 1.54) is 0 Å². The standard InChI is InChI=1S/C6H3ClF2N2O2/c7-3-2(6(12)13)1-10-5(11-3)4(8)9/h1,4H,(H,12,13). The van der Waals surface area contributed by atoms with Crippen LogP contribution in [0, 0.1) is 0 Å². The van der Waals surface area contributed by atoms with Gasteiger partial charge in [-0.1, -0.05) is 11.6 Å². The molecule has 0 spiro atoms. The van der Waals surface area contributed by atoms with Gasteiger partial charge in [-0.3, -0.25) is 0 Å². The Morgan fingerprint density at radius 1 is 1.62 bits per heavy atom. The van der Waals surface area contributed by atoms with E-state index < -0.39 is 28.9 Å². The summed E-state index contributed by atoms with van der Waals surface area (Å²) in [5.74, 6) is -2.14. The number of halogens is 3. The van der Waals surface area contributed by atoms with Gasteiger partial charge in [0.25, 0.3) is 6.43 Å². The molecule has 1 aromatic rings. The third kappa shape index (κ3) is 2.09. The fourth-order valence-electron chi connectivity index (χ4n) is 0.622. The molecule has 70 valence electrons. The van der Waals surface area contributed by atoms with Crippen molar-refractivity contribution in [1.82, 2.24) is 9.97 Å². The first-order chi connectivity index (χ1) is 6.02. The zero-order valence-electron chi connectivity index (χ0n) is 6.04. The molecule has 4 nitrogen and oxygen atoms in total. The number of hydrogen-bond acceptors (Lipinski definition) is 3. The van der Waals surface area contributed by atoms with Gasteiger partial charge < -0.3 is 5.11 Å². The molecule has 0 fully saturated rings. The zero-order valence-corrected chi connectivity index (χ0v) is 6.79. The van der Waals surface area contributed by atoms with Gasteiger partial charge in [0.15, 0.2) is 5.82 Å². The van der Waals surface area contributed by atoms with Crippen LogP contribution in [-0.2, 0) is 0 Å². The van der Waals surface area contributed by atoms with Gasteiger partial charge in [-0.15, -0.1) is 0 Å².